The van der Waals surface area contributed by atoms with E-state index in [1.54, 1.807) is 0 Å². The van der Waals surface area contributed by atoms with E-state index in [0.29, 0.717) is 0 Å². The van der Waals surface area contributed by atoms with E-state index >= 15 is 0 Å². The molecule has 0 saturated heterocycles. The highest BCUT2D eigenvalue weighted by molar-refractivity contribution is 6.93. The highest BCUT2D eigenvalue weighted by Gasteiger charge is 2.50. The zero-order valence-corrected chi connectivity index (χ0v) is 43.3. The Morgan fingerprint density at radius 1 is 0.392 bits per heavy atom. The molecule has 3 heterocycles. The van der Waals surface area contributed by atoms with Gasteiger partial charge in [-0.2, -0.15) is 0 Å². The van der Waals surface area contributed by atoms with Crippen LogP contribution in [-0.2, 0) is 16.2 Å². The summed E-state index contributed by atoms with van der Waals surface area (Å²) >= 11 is 0. The van der Waals surface area contributed by atoms with Gasteiger partial charge in [0.15, 0.2) is 0 Å². The minimum atomic E-state index is -0.250. The van der Waals surface area contributed by atoms with Gasteiger partial charge in [-0.25, -0.2) is 0 Å². The van der Waals surface area contributed by atoms with E-state index in [1.807, 2.05) is 0 Å². The Bertz CT molecular complexity index is 3820. The van der Waals surface area contributed by atoms with Crippen LogP contribution in [-0.4, -0.2) is 6.85 Å². The van der Waals surface area contributed by atoms with E-state index in [2.05, 4.69) is 288 Å². The van der Waals surface area contributed by atoms with Crippen LogP contribution < -0.4 is 25.5 Å². The number of fused-ring (bicyclic) bond motifs is 9. The summed E-state index contributed by atoms with van der Waals surface area (Å²) in [6, 6.07) is 84.8. The van der Waals surface area contributed by atoms with Gasteiger partial charge in [0, 0.05) is 56.2 Å². The van der Waals surface area contributed by atoms with Crippen molar-refractivity contribution in [3.63, 3.8) is 0 Å². The van der Waals surface area contributed by atoms with Crippen molar-refractivity contribution < 1.29 is 0 Å². The van der Waals surface area contributed by atoms with Crippen LogP contribution in [0.15, 0.2) is 224 Å². The Morgan fingerprint density at radius 3 is 1.62 bits per heavy atom. The van der Waals surface area contributed by atoms with Crippen LogP contribution in [0.3, 0.4) is 0 Å². The Hall–Kier alpha value is -8.34. The smallest absolute Gasteiger partial charge is 0.333 e. The average molecular weight is 952 g/mol. The molecule has 10 aromatic rings. The quantitative estimate of drug-likeness (QED) is 0.154. The number of para-hydroxylation sites is 2. The van der Waals surface area contributed by atoms with E-state index in [4.69, 9.17) is 0 Å². The van der Waals surface area contributed by atoms with E-state index in [-0.39, 0.29) is 23.1 Å². The summed E-state index contributed by atoms with van der Waals surface area (Å²) in [5, 5.41) is 0. The third-order valence-corrected chi connectivity index (χ3v) is 16.9. The standard InChI is InChI=1S/C70H58BN3/c1-68(2,3)49-35-37-50(38-36-49)74-64-44-55-54-29-14-15-30-58(54)69(4,5)61(55)43-56(64)57-41-53(42-65-66(57)71(74)62-33-20-32-60-67(62)73(65)63-34-17-16-31-59(63)70(60,6)7)72(51-27-18-25-47(39-51)45-21-10-8-11-22-45)52-28-19-26-48(40-52)46-23-12-9-13-24-46/h8-44H,1-7H3. The predicted octanol–water partition coefficient (Wildman–Crippen LogP) is 17.4. The second-order valence-corrected chi connectivity index (χ2v) is 23.0. The van der Waals surface area contributed by atoms with E-state index in [9.17, 15) is 0 Å². The first-order valence-corrected chi connectivity index (χ1v) is 26.4. The van der Waals surface area contributed by atoms with Crippen molar-refractivity contribution in [3.05, 3.63) is 252 Å². The molecule has 0 amide bonds. The molecule has 356 valence electrons. The van der Waals surface area contributed by atoms with Crippen LogP contribution in [0.5, 0.6) is 0 Å². The molecule has 0 bridgehead atoms. The predicted molar refractivity (Wildman–Crippen MR) is 314 cm³/mol. The molecule has 74 heavy (non-hydrogen) atoms. The molecule has 3 nitrogen and oxygen atoms in total. The fourth-order valence-electron chi connectivity index (χ4n) is 13.2. The molecule has 3 aliphatic heterocycles. The van der Waals surface area contributed by atoms with Gasteiger partial charge in [-0.15, -0.1) is 0 Å². The first kappa shape index (κ1) is 44.4. The van der Waals surface area contributed by atoms with Crippen molar-refractivity contribution >= 4 is 63.3 Å². The number of benzene rings is 10. The summed E-state index contributed by atoms with van der Waals surface area (Å²) in [7, 11) is 0. The van der Waals surface area contributed by atoms with Gasteiger partial charge in [-0.3, -0.25) is 0 Å². The minimum absolute atomic E-state index is 0.0144. The third kappa shape index (κ3) is 6.53. The van der Waals surface area contributed by atoms with Gasteiger partial charge < -0.3 is 14.6 Å². The van der Waals surface area contributed by atoms with Crippen LogP contribution in [0.1, 0.15) is 76.3 Å². The summed E-state index contributed by atoms with van der Waals surface area (Å²) in [6.07, 6.45) is 0. The van der Waals surface area contributed by atoms with Gasteiger partial charge in [0.1, 0.15) is 0 Å². The molecule has 0 radical (unpaired) electrons. The summed E-state index contributed by atoms with van der Waals surface area (Å²) in [5.74, 6) is 0. The van der Waals surface area contributed by atoms with Gasteiger partial charge >= 0.3 is 6.85 Å². The lowest BCUT2D eigenvalue weighted by atomic mass is 9.42. The van der Waals surface area contributed by atoms with E-state index in [1.165, 1.54) is 112 Å². The van der Waals surface area contributed by atoms with Crippen LogP contribution in [0.4, 0.5) is 45.5 Å². The minimum Gasteiger partial charge on any atom is -0.376 e. The molecule has 1 aliphatic carbocycles. The maximum Gasteiger partial charge on any atom is 0.333 e. The average Bonchev–Trinajstić information content (AvgIpc) is 3.73. The topological polar surface area (TPSA) is 9.72 Å². The zero-order chi connectivity index (χ0) is 50.3. The fraction of sp³-hybridized carbons (Fsp3) is 0.143. The van der Waals surface area contributed by atoms with Crippen molar-refractivity contribution in [2.75, 3.05) is 14.6 Å². The highest BCUT2D eigenvalue weighted by Crippen LogP contribution is 2.58. The monoisotopic (exact) mass is 951 g/mol. The van der Waals surface area contributed by atoms with Crippen LogP contribution in [0.25, 0.3) is 44.5 Å². The number of anilines is 8. The summed E-state index contributed by atoms with van der Waals surface area (Å²) < 4.78 is 0. The van der Waals surface area contributed by atoms with Crippen molar-refractivity contribution in [2.45, 2.75) is 64.7 Å². The van der Waals surface area contributed by atoms with Gasteiger partial charge in [-0.05, 0) is 150 Å². The number of nitrogens with zero attached hydrogens (tertiary/aromatic N) is 3. The molecule has 0 aromatic heterocycles. The molecule has 0 atom stereocenters. The molecule has 4 aliphatic rings. The fourth-order valence-corrected chi connectivity index (χ4v) is 13.2. The third-order valence-electron chi connectivity index (χ3n) is 16.9. The molecule has 14 rings (SSSR count). The molecular formula is C70H58BN3. The summed E-state index contributed by atoms with van der Waals surface area (Å²) in [4.78, 5) is 7.85. The SMILES string of the molecule is CC(C)(C)c1ccc(N2B3c4cccc5c4N(c4ccccc4C5(C)C)c4cc(N(c5cccc(-c6ccccc6)c5)c5cccc(-c6ccccc6)c5)cc(c43)-c3cc4c(cc32)-c2ccccc2C4(C)C)cc1. The summed E-state index contributed by atoms with van der Waals surface area (Å²) in [5.41, 5.74) is 28.3. The molecule has 0 saturated carbocycles. The first-order valence-electron chi connectivity index (χ1n) is 26.4. The van der Waals surface area contributed by atoms with Crippen LogP contribution >= 0.6 is 0 Å². The second kappa shape index (κ2) is 16.1. The van der Waals surface area contributed by atoms with Crippen LogP contribution in [0.2, 0.25) is 0 Å². The lowest BCUT2D eigenvalue weighted by Gasteiger charge is -2.50. The van der Waals surface area contributed by atoms with Gasteiger partial charge in [0.25, 0.3) is 0 Å². The first-order chi connectivity index (χ1) is 35.9. The Kier molecular flexibility index (Phi) is 9.64. The van der Waals surface area contributed by atoms with Gasteiger partial charge in [0.2, 0.25) is 0 Å². The molecule has 10 aromatic carbocycles. The molecule has 0 fully saturated rings. The van der Waals surface area contributed by atoms with Crippen molar-refractivity contribution in [3.8, 4) is 44.5 Å². The van der Waals surface area contributed by atoms with Crippen LogP contribution in [0, 0.1) is 0 Å². The molecule has 4 heteroatoms. The van der Waals surface area contributed by atoms with E-state index < -0.39 is 0 Å². The lowest BCUT2D eigenvalue weighted by molar-refractivity contribution is 0.590. The van der Waals surface area contributed by atoms with Crippen molar-refractivity contribution in [1.82, 2.24) is 0 Å². The molecule has 0 N–H and O–H groups in total. The number of hydrogen-bond acceptors (Lipinski definition) is 3. The Labute approximate surface area is 437 Å². The maximum atomic E-state index is 2.70. The largest absolute Gasteiger partial charge is 0.376 e. The normalized spacial score (nSPS) is 14.8. The molecular weight excluding hydrogens is 894 g/mol. The van der Waals surface area contributed by atoms with Crippen molar-refractivity contribution in [2.24, 2.45) is 0 Å². The second-order valence-electron chi connectivity index (χ2n) is 23.0. The van der Waals surface area contributed by atoms with Gasteiger partial charge in [-0.1, -0.05) is 206 Å². The Morgan fingerprint density at radius 2 is 0.959 bits per heavy atom. The maximum absolute atomic E-state index is 2.70. The molecule has 0 spiro atoms. The molecule has 0 unspecified atom stereocenters. The highest BCUT2D eigenvalue weighted by atomic mass is 15.2. The number of rotatable bonds is 6. The summed E-state index contributed by atoms with van der Waals surface area (Å²) in [6.45, 7) is 16.5. The zero-order valence-electron chi connectivity index (χ0n) is 43.3. The van der Waals surface area contributed by atoms with Gasteiger partial charge in [0.05, 0.1) is 5.69 Å². The lowest BCUT2D eigenvalue weighted by Crippen LogP contribution is -2.62. The van der Waals surface area contributed by atoms with Crippen molar-refractivity contribution in [1.29, 1.82) is 0 Å². The Balaban J connectivity index is 1.11. The van der Waals surface area contributed by atoms with E-state index in [0.717, 1.165) is 17.1 Å². The number of hydrogen-bond donors (Lipinski definition) is 0.